The highest BCUT2D eigenvalue weighted by Gasteiger charge is 2.19. The molecule has 1 saturated heterocycles. The van der Waals surface area contributed by atoms with E-state index < -0.39 is 0 Å². The average molecular weight is 297 g/mol. The van der Waals surface area contributed by atoms with E-state index in [0.717, 1.165) is 24.5 Å². The third-order valence-corrected chi connectivity index (χ3v) is 3.89. The van der Waals surface area contributed by atoms with Crippen molar-refractivity contribution in [3.05, 3.63) is 17.0 Å². The van der Waals surface area contributed by atoms with E-state index in [1.165, 1.54) is 38.9 Å². The summed E-state index contributed by atoms with van der Waals surface area (Å²) in [5.41, 5.74) is 0. The second-order valence-electron chi connectivity index (χ2n) is 5.50. The zero-order chi connectivity index (χ0) is 14.4. The van der Waals surface area contributed by atoms with Gasteiger partial charge in [0.15, 0.2) is 0 Å². The van der Waals surface area contributed by atoms with Gasteiger partial charge in [-0.1, -0.05) is 25.4 Å². The molecule has 0 atom stereocenters. The standard InChI is InChI=1S/C15H25ClN4/c1-3-5-14-18-13(16)11-15(19-14)17-12-6-9-20(8-4-2)10-7-12/h11-12H,3-10H2,1-2H3,(H,17,18,19). The van der Waals surface area contributed by atoms with Gasteiger partial charge in [0.1, 0.15) is 16.8 Å². The van der Waals surface area contributed by atoms with Crippen molar-refractivity contribution in [1.82, 2.24) is 14.9 Å². The average Bonchev–Trinajstić information content (AvgIpc) is 2.41. The lowest BCUT2D eigenvalue weighted by molar-refractivity contribution is 0.219. The third kappa shape index (κ3) is 4.60. The normalized spacial score (nSPS) is 17.4. The van der Waals surface area contributed by atoms with Gasteiger partial charge in [-0.25, -0.2) is 9.97 Å². The molecule has 0 bridgehead atoms. The number of hydrogen-bond acceptors (Lipinski definition) is 4. The lowest BCUT2D eigenvalue weighted by atomic mass is 10.0. The minimum absolute atomic E-state index is 0.503. The first-order chi connectivity index (χ1) is 9.71. The van der Waals surface area contributed by atoms with E-state index in [1.807, 2.05) is 6.07 Å². The number of aryl methyl sites for hydroxylation is 1. The number of halogens is 1. The summed E-state index contributed by atoms with van der Waals surface area (Å²) in [6.45, 7) is 7.92. The fraction of sp³-hybridized carbons (Fsp3) is 0.733. The summed E-state index contributed by atoms with van der Waals surface area (Å²) in [7, 11) is 0. The van der Waals surface area contributed by atoms with Crippen LogP contribution in [0.15, 0.2) is 6.07 Å². The van der Waals surface area contributed by atoms with Crippen molar-refractivity contribution in [1.29, 1.82) is 0 Å². The first-order valence-corrected chi connectivity index (χ1v) is 8.11. The molecule has 0 spiro atoms. The second kappa shape index (κ2) is 7.79. The molecule has 20 heavy (non-hydrogen) atoms. The smallest absolute Gasteiger partial charge is 0.134 e. The van der Waals surface area contributed by atoms with Crippen LogP contribution in [0, 0.1) is 0 Å². The summed E-state index contributed by atoms with van der Waals surface area (Å²) in [5.74, 6) is 1.72. The Labute approximate surface area is 126 Å². The largest absolute Gasteiger partial charge is 0.367 e. The van der Waals surface area contributed by atoms with Crippen LogP contribution >= 0.6 is 11.6 Å². The van der Waals surface area contributed by atoms with Crippen LogP contribution in [0.2, 0.25) is 5.15 Å². The van der Waals surface area contributed by atoms with Crippen molar-refractivity contribution in [2.24, 2.45) is 0 Å². The third-order valence-electron chi connectivity index (χ3n) is 3.69. The summed E-state index contributed by atoms with van der Waals surface area (Å²) in [4.78, 5) is 11.3. The van der Waals surface area contributed by atoms with Gasteiger partial charge in [0.25, 0.3) is 0 Å². The Morgan fingerprint density at radius 1 is 1.25 bits per heavy atom. The highest BCUT2D eigenvalue weighted by atomic mass is 35.5. The molecule has 1 aromatic heterocycles. The number of rotatable bonds is 6. The van der Waals surface area contributed by atoms with Crippen molar-refractivity contribution in [3.63, 3.8) is 0 Å². The predicted octanol–water partition coefficient (Wildman–Crippen LogP) is 3.37. The molecule has 112 valence electrons. The monoisotopic (exact) mass is 296 g/mol. The van der Waals surface area contributed by atoms with Gasteiger partial charge in [0.2, 0.25) is 0 Å². The van der Waals surface area contributed by atoms with Crippen LogP contribution in [0.3, 0.4) is 0 Å². The summed E-state index contributed by atoms with van der Waals surface area (Å²) in [5, 5.41) is 4.06. The number of nitrogens with zero attached hydrogens (tertiary/aromatic N) is 3. The molecule has 1 fully saturated rings. The van der Waals surface area contributed by atoms with Gasteiger partial charge in [-0.15, -0.1) is 0 Å². The van der Waals surface area contributed by atoms with Crippen LogP contribution in [-0.4, -0.2) is 40.5 Å². The quantitative estimate of drug-likeness (QED) is 0.817. The van der Waals surface area contributed by atoms with E-state index in [0.29, 0.717) is 11.2 Å². The van der Waals surface area contributed by atoms with E-state index in [2.05, 4.69) is 34.0 Å². The Morgan fingerprint density at radius 2 is 2.00 bits per heavy atom. The molecule has 0 aliphatic carbocycles. The first-order valence-electron chi connectivity index (χ1n) is 7.73. The van der Waals surface area contributed by atoms with Gasteiger partial charge in [-0.2, -0.15) is 0 Å². The van der Waals surface area contributed by atoms with Crippen LogP contribution in [-0.2, 0) is 6.42 Å². The van der Waals surface area contributed by atoms with Crippen molar-refractivity contribution >= 4 is 17.4 Å². The number of piperidine rings is 1. The summed E-state index contributed by atoms with van der Waals surface area (Å²) in [6.07, 6.45) is 5.49. The van der Waals surface area contributed by atoms with Crippen molar-refractivity contribution in [3.8, 4) is 0 Å². The van der Waals surface area contributed by atoms with Gasteiger partial charge in [-0.05, 0) is 32.2 Å². The molecule has 2 heterocycles. The topological polar surface area (TPSA) is 41.1 Å². The molecule has 0 saturated carbocycles. The SMILES string of the molecule is CCCc1nc(Cl)cc(NC2CCN(CCC)CC2)n1. The van der Waals surface area contributed by atoms with Gasteiger partial charge in [-0.3, -0.25) is 0 Å². The van der Waals surface area contributed by atoms with Crippen molar-refractivity contribution in [2.45, 2.75) is 52.0 Å². The molecule has 1 aromatic rings. The highest BCUT2D eigenvalue weighted by Crippen LogP contribution is 2.18. The molecule has 0 radical (unpaired) electrons. The Hall–Kier alpha value is -0.870. The maximum Gasteiger partial charge on any atom is 0.134 e. The molecule has 1 N–H and O–H groups in total. The summed E-state index contributed by atoms with van der Waals surface area (Å²) in [6, 6.07) is 2.34. The number of likely N-dealkylation sites (tertiary alicyclic amines) is 1. The zero-order valence-corrected chi connectivity index (χ0v) is 13.3. The second-order valence-corrected chi connectivity index (χ2v) is 5.89. The summed E-state index contributed by atoms with van der Waals surface area (Å²) >= 11 is 6.07. The van der Waals surface area contributed by atoms with E-state index in [4.69, 9.17) is 11.6 Å². The molecule has 0 unspecified atom stereocenters. The van der Waals surface area contributed by atoms with Gasteiger partial charge >= 0.3 is 0 Å². The van der Waals surface area contributed by atoms with Crippen molar-refractivity contribution in [2.75, 3.05) is 25.0 Å². The molecule has 1 aliphatic rings. The predicted molar refractivity (Wildman–Crippen MR) is 84.4 cm³/mol. The Morgan fingerprint density at radius 3 is 2.65 bits per heavy atom. The first kappa shape index (κ1) is 15.5. The van der Waals surface area contributed by atoms with Gasteiger partial charge < -0.3 is 10.2 Å². The molecule has 5 heteroatoms. The maximum atomic E-state index is 6.07. The Kier molecular flexibility index (Phi) is 6.05. The molecule has 1 aliphatic heterocycles. The lowest BCUT2D eigenvalue weighted by Crippen LogP contribution is -2.39. The van der Waals surface area contributed by atoms with Crippen LogP contribution < -0.4 is 5.32 Å². The fourth-order valence-corrected chi connectivity index (χ4v) is 2.90. The maximum absolute atomic E-state index is 6.07. The fourth-order valence-electron chi connectivity index (χ4n) is 2.70. The van der Waals surface area contributed by atoms with Crippen LogP contribution in [0.4, 0.5) is 5.82 Å². The van der Waals surface area contributed by atoms with E-state index >= 15 is 0 Å². The number of anilines is 1. The number of hydrogen-bond donors (Lipinski definition) is 1. The highest BCUT2D eigenvalue weighted by molar-refractivity contribution is 6.29. The lowest BCUT2D eigenvalue weighted by Gasteiger charge is -2.32. The molecule has 0 amide bonds. The van der Waals surface area contributed by atoms with Crippen LogP contribution in [0.5, 0.6) is 0 Å². The molecular formula is C15H25ClN4. The van der Waals surface area contributed by atoms with E-state index in [9.17, 15) is 0 Å². The van der Waals surface area contributed by atoms with Crippen LogP contribution in [0.25, 0.3) is 0 Å². The Balaban J connectivity index is 1.90. The van der Waals surface area contributed by atoms with E-state index in [1.54, 1.807) is 0 Å². The number of aromatic nitrogens is 2. The molecule has 4 nitrogen and oxygen atoms in total. The zero-order valence-electron chi connectivity index (χ0n) is 12.5. The van der Waals surface area contributed by atoms with Gasteiger partial charge in [0.05, 0.1) is 0 Å². The minimum atomic E-state index is 0.503. The Bertz CT molecular complexity index is 416. The molecule has 2 rings (SSSR count). The summed E-state index contributed by atoms with van der Waals surface area (Å²) < 4.78 is 0. The minimum Gasteiger partial charge on any atom is -0.367 e. The molecule has 0 aromatic carbocycles. The van der Waals surface area contributed by atoms with Crippen LogP contribution in [0.1, 0.15) is 45.4 Å². The molecular weight excluding hydrogens is 272 g/mol. The van der Waals surface area contributed by atoms with E-state index in [-0.39, 0.29) is 0 Å². The number of nitrogens with one attached hydrogen (secondary N) is 1. The van der Waals surface area contributed by atoms with Gasteiger partial charge in [0, 0.05) is 31.6 Å². The van der Waals surface area contributed by atoms with Crippen molar-refractivity contribution < 1.29 is 0 Å².